The average Bonchev–Trinajstić information content (AvgIpc) is 3.26. The van der Waals surface area contributed by atoms with Gasteiger partial charge in [-0.05, 0) is 61.9 Å². The van der Waals surface area contributed by atoms with Gasteiger partial charge < -0.3 is 5.32 Å². The van der Waals surface area contributed by atoms with Crippen molar-refractivity contribution < 1.29 is 4.79 Å². The molecule has 0 saturated carbocycles. The van der Waals surface area contributed by atoms with Crippen LogP contribution < -0.4 is 5.32 Å². The van der Waals surface area contributed by atoms with Crippen molar-refractivity contribution in [3.05, 3.63) is 81.4 Å². The van der Waals surface area contributed by atoms with Crippen molar-refractivity contribution in [2.75, 3.05) is 6.54 Å². The maximum Gasteiger partial charge on any atom is 0.272 e. The molecule has 0 radical (unpaired) electrons. The first-order chi connectivity index (χ1) is 18.7. The molecular weight excluding hydrogens is 549 g/mol. The molecule has 1 N–H and O–H groups in total. The van der Waals surface area contributed by atoms with Gasteiger partial charge in [-0.2, -0.15) is 5.10 Å². The fourth-order valence-electron chi connectivity index (χ4n) is 5.23. The van der Waals surface area contributed by atoms with E-state index in [-0.39, 0.29) is 5.91 Å². The number of unbranched alkanes of at least 4 members (excludes halogenated alkanes) is 4. The standard InChI is InChI=1S/C32H40Cl3N3O/c1-5-19-32(6-2,7-3)20-11-9-8-10-12-21-36-31(39)29-23(4)30(24-13-15-25(33)16-14-24)38(37-29)28-18-17-26(34)22-27(28)35/h5,13-18,22H,1,6-12,19-21H2,2-4H3,(H,36,39). The lowest BCUT2D eigenvalue weighted by Gasteiger charge is -2.30. The molecule has 7 heteroatoms. The van der Waals surface area contributed by atoms with Gasteiger partial charge in [-0.1, -0.05) is 105 Å². The van der Waals surface area contributed by atoms with Gasteiger partial charge in [-0.3, -0.25) is 4.79 Å². The number of nitrogens with one attached hydrogen (secondary N) is 1. The van der Waals surface area contributed by atoms with E-state index in [1.54, 1.807) is 22.9 Å². The predicted molar refractivity (Wildman–Crippen MR) is 167 cm³/mol. The summed E-state index contributed by atoms with van der Waals surface area (Å²) < 4.78 is 1.71. The first-order valence-corrected chi connectivity index (χ1v) is 15.1. The average molecular weight is 589 g/mol. The van der Waals surface area contributed by atoms with Crippen molar-refractivity contribution in [1.82, 2.24) is 15.1 Å². The Morgan fingerprint density at radius 3 is 2.26 bits per heavy atom. The largest absolute Gasteiger partial charge is 0.351 e. The SMILES string of the molecule is C=CCC(CC)(CC)CCCCCCCNC(=O)c1nn(-c2ccc(Cl)cc2Cl)c(-c2ccc(Cl)cc2)c1C. The molecule has 0 aliphatic heterocycles. The molecule has 3 aromatic rings. The lowest BCUT2D eigenvalue weighted by atomic mass is 9.75. The van der Waals surface area contributed by atoms with Gasteiger partial charge in [0.05, 0.1) is 16.4 Å². The van der Waals surface area contributed by atoms with Gasteiger partial charge in [0.1, 0.15) is 0 Å². The van der Waals surface area contributed by atoms with Crippen LogP contribution in [0.15, 0.2) is 55.1 Å². The topological polar surface area (TPSA) is 46.9 Å². The molecule has 0 spiro atoms. The number of halogens is 3. The van der Waals surface area contributed by atoms with Crippen LogP contribution in [0.2, 0.25) is 15.1 Å². The van der Waals surface area contributed by atoms with E-state index < -0.39 is 0 Å². The molecular formula is C32H40Cl3N3O. The number of aromatic nitrogens is 2. The van der Waals surface area contributed by atoms with Gasteiger partial charge in [-0.25, -0.2) is 4.68 Å². The maximum atomic E-state index is 13.2. The minimum atomic E-state index is -0.188. The van der Waals surface area contributed by atoms with Crippen LogP contribution in [-0.2, 0) is 0 Å². The predicted octanol–water partition coefficient (Wildman–Crippen LogP) is 10.3. The Bertz CT molecular complexity index is 1250. The molecule has 210 valence electrons. The van der Waals surface area contributed by atoms with Crippen molar-refractivity contribution in [3.8, 4) is 16.9 Å². The highest BCUT2D eigenvalue weighted by atomic mass is 35.5. The van der Waals surface area contributed by atoms with Gasteiger partial charge in [0.25, 0.3) is 5.91 Å². The monoisotopic (exact) mass is 587 g/mol. The quantitative estimate of drug-likeness (QED) is 0.142. The number of amides is 1. The molecule has 1 aromatic heterocycles. The second-order valence-electron chi connectivity index (χ2n) is 10.3. The van der Waals surface area contributed by atoms with Gasteiger partial charge in [0.15, 0.2) is 5.69 Å². The number of carbonyl (C=O) groups is 1. The van der Waals surface area contributed by atoms with E-state index in [9.17, 15) is 4.79 Å². The fraction of sp³-hybridized carbons (Fsp3) is 0.438. The molecule has 4 nitrogen and oxygen atoms in total. The van der Waals surface area contributed by atoms with Crippen LogP contribution >= 0.6 is 34.8 Å². The van der Waals surface area contributed by atoms with E-state index in [0.29, 0.717) is 38.4 Å². The molecule has 2 aromatic carbocycles. The summed E-state index contributed by atoms with van der Waals surface area (Å²) in [5, 5.41) is 9.38. The summed E-state index contributed by atoms with van der Waals surface area (Å²) in [4.78, 5) is 13.2. The van der Waals surface area contributed by atoms with Crippen LogP contribution in [0.25, 0.3) is 16.9 Å². The number of rotatable bonds is 15. The summed E-state index contributed by atoms with van der Waals surface area (Å²) in [7, 11) is 0. The number of carbonyl (C=O) groups excluding carboxylic acids is 1. The molecule has 0 bridgehead atoms. The molecule has 1 heterocycles. The van der Waals surface area contributed by atoms with Gasteiger partial charge in [-0.15, -0.1) is 6.58 Å². The van der Waals surface area contributed by atoms with Crippen LogP contribution in [0, 0.1) is 12.3 Å². The highest BCUT2D eigenvalue weighted by molar-refractivity contribution is 6.35. The number of hydrogen-bond acceptors (Lipinski definition) is 2. The van der Waals surface area contributed by atoms with E-state index in [2.05, 4.69) is 31.8 Å². The van der Waals surface area contributed by atoms with Crippen molar-refractivity contribution in [1.29, 1.82) is 0 Å². The van der Waals surface area contributed by atoms with Gasteiger partial charge in [0, 0.05) is 27.7 Å². The summed E-state index contributed by atoms with van der Waals surface area (Å²) in [6.45, 7) is 11.1. The van der Waals surface area contributed by atoms with Crippen LogP contribution in [0.5, 0.6) is 0 Å². The molecule has 39 heavy (non-hydrogen) atoms. The Morgan fingerprint density at radius 2 is 1.62 bits per heavy atom. The summed E-state index contributed by atoms with van der Waals surface area (Å²) in [6, 6.07) is 12.7. The molecule has 0 unspecified atom stereocenters. The smallest absolute Gasteiger partial charge is 0.272 e. The Balaban J connectivity index is 1.63. The lowest BCUT2D eigenvalue weighted by Crippen LogP contribution is -2.25. The zero-order valence-corrected chi connectivity index (χ0v) is 25.6. The first-order valence-electron chi connectivity index (χ1n) is 13.9. The van der Waals surface area contributed by atoms with E-state index in [4.69, 9.17) is 39.9 Å². The van der Waals surface area contributed by atoms with Crippen molar-refractivity contribution in [2.45, 2.75) is 78.6 Å². The van der Waals surface area contributed by atoms with E-state index in [0.717, 1.165) is 36.1 Å². The zero-order valence-electron chi connectivity index (χ0n) is 23.3. The molecule has 0 aliphatic carbocycles. The maximum absolute atomic E-state index is 13.2. The number of benzene rings is 2. The van der Waals surface area contributed by atoms with Crippen LogP contribution in [-0.4, -0.2) is 22.2 Å². The first kappa shape index (κ1) is 31.3. The third kappa shape index (κ3) is 8.13. The summed E-state index contributed by atoms with van der Waals surface area (Å²) in [6.07, 6.45) is 12.5. The zero-order chi connectivity index (χ0) is 28.4. The summed E-state index contributed by atoms with van der Waals surface area (Å²) in [5.74, 6) is -0.188. The second kappa shape index (κ2) is 14.9. The second-order valence-corrected chi connectivity index (χ2v) is 11.6. The third-order valence-corrected chi connectivity index (χ3v) is 8.63. The molecule has 0 aliphatic rings. The molecule has 0 atom stereocenters. The van der Waals surface area contributed by atoms with Crippen molar-refractivity contribution >= 4 is 40.7 Å². The molecule has 0 saturated heterocycles. The molecule has 3 rings (SSSR count). The molecule has 1 amide bonds. The van der Waals surface area contributed by atoms with Crippen molar-refractivity contribution in [2.24, 2.45) is 5.41 Å². The third-order valence-electron chi connectivity index (χ3n) is 7.84. The fourth-order valence-corrected chi connectivity index (χ4v) is 5.84. The van der Waals surface area contributed by atoms with E-state index in [1.807, 2.05) is 31.2 Å². The molecule has 0 fully saturated rings. The number of allylic oxidation sites excluding steroid dienone is 1. The number of hydrogen-bond donors (Lipinski definition) is 1. The van der Waals surface area contributed by atoms with E-state index in [1.165, 1.54) is 38.5 Å². The Kier molecular flexibility index (Phi) is 12.0. The van der Waals surface area contributed by atoms with Gasteiger partial charge >= 0.3 is 0 Å². The van der Waals surface area contributed by atoms with Crippen LogP contribution in [0.1, 0.15) is 87.7 Å². The van der Waals surface area contributed by atoms with Gasteiger partial charge in [0.2, 0.25) is 0 Å². The summed E-state index contributed by atoms with van der Waals surface area (Å²) >= 11 is 18.8. The summed E-state index contributed by atoms with van der Waals surface area (Å²) in [5.41, 5.74) is 3.89. The van der Waals surface area contributed by atoms with Crippen LogP contribution in [0.4, 0.5) is 0 Å². The van der Waals surface area contributed by atoms with Crippen LogP contribution in [0.3, 0.4) is 0 Å². The van der Waals surface area contributed by atoms with E-state index >= 15 is 0 Å². The van der Waals surface area contributed by atoms with Crippen molar-refractivity contribution in [3.63, 3.8) is 0 Å². The Hall–Kier alpha value is -2.27. The highest BCUT2D eigenvalue weighted by Gasteiger charge is 2.24. The Morgan fingerprint density at radius 1 is 0.974 bits per heavy atom. The lowest BCUT2D eigenvalue weighted by molar-refractivity contribution is 0.0947. The highest BCUT2D eigenvalue weighted by Crippen LogP contribution is 2.37. The minimum Gasteiger partial charge on any atom is -0.351 e. The normalized spacial score (nSPS) is 11.5. The number of nitrogens with zero attached hydrogens (tertiary/aromatic N) is 2. The minimum absolute atomic E-state index is 0.188. The Labute approximate surface area is 248 Å².